The maximum Gasteiger partial charge on any atom is 0.248 e. The molecule has 0 heterocycles. The van der Waals surface area contributed by atoms with Gasteiger partial charge < -0.3 is 21.9 Å². The number of aryl methyl sites for hydroxylation is 2. The van der Waals surface area contributed by atoms with Gasteiger partial charge in [-0.1, -0.05) is 0 Å². The molecule has 1 aromatic rings. The third kappa shape index (κ3) is 3.21. The van der Waals surface area contributed by atoms with E-state index in [0.29, 0.717) is 11.3 Å². The molecule has 98 valence electrons. The predicted octanol–water partition coefficient (Wildman–Crippen LogP) is -0.406. The van der Waals surface area contributed by atoms with Gasteiger partial charge in [-0.3, -0.25) is 9.59 Å². The van der Waals surface area contributed by atoms with Crippen LogP contribution >= 0.6 is 0 Å². The highest BCUT2D eigenvalue weighted by Crippen LogP contribution is 2.24. The summed E-state index contributed by atoms with van der Waals surface area (Å²) in [6, 6.07) is 2.39. The molecule has 1 unspecified atom stereocenters. The van der Waals surface area contributed by atoms with Crippen molar-refractivity contribution in [1.29, 1.82) is 0 Å². The molecule has 6 nitrogen and oxygen atoms in total. The Labute approximate surface area is 105 Å². The minimum absolute atomic E-state index is 0.00701. The molecular formula is C12H17N3O3. The van der Waals surface area contributed by atoms with Crippen LogP contribution in [0.15, 0.2) is 12.1 Å². The molecule has 0 spiro atoms. The van der Waals surface area contributed by atoms with Gasteiger partial charge in [0.2, 0.25) is 11.8 Å². The third-order valence-electron chi connectivity index (χ3n) is 2.52. The Morgan fingerprint density at radius 3 is 2.11 bits per heavy atom. The lowest BCUT2D eigenvalue weighted by Crippen LogP contribution is -2.41. The minimum Gasteiger partial charge on any atom is -0.491 e. The smallest absolute Gasteiger partial charge is 0.248 e. The lowest BCUT2D eigenvalue weighted by molar-refractivity contribution is -0.119. The molecule has 0 aliphatic carbocycles. The average Bonchev–Trinajstić information content (AvgIpc) is 2.26. The van der Waals surface area contributed by atoms with Gasteiger partial charge in [-0.05, 0) is 37.1 Å². The van der Waals surface area contributed by atoms with E-state index in [9.17, 15) is 9.59 Å². The van der Waals surface area contributed by atoms with Crippen LogP contribution in [0, 0.1) is 13.8 Å². The van der Waals surface area contributed by atoms with E-state index >= 15 is 0 Å². The van der Waals surface area contributed by atoms with Gasteiger partial charge in [-0.15, -0.1) is 0 Å². The van der Waals surface area contributed by atoms with Gasteiger partial charge >= 0.3 is 0 Å². The normalized spacial score (nSPS) is 11.9. The van der Waals surface area contributed by atoms with E-state index in [1.54, 1.807) is 26.0 Å². The summed E-state index contributed by atoms with van der Waals surface area (Å²) in [6.45, 7) is 3.56. The fraction of sp³-hybridized carbons (Fsp3) is 0.333. The Balaban J connectivity index is 2.90. The molecule has 0 saturated heterocycles. The SMILES string of the molecule is Cc1cc(C(N)=O)cc(C)c1OCC(N)C(N)=O. The Kier molecular flexibility index (Phi) is 4.28. The molecule has 6 N–H and O–H groups in total. The summed E-state index contributed by atoms with van der Waals surface area (Å²) in [5.74, 6) is -0.544. The fourth-order valence-electron chi connectivity index (χ4n) is 1.58. The molecule has 1 aromatic carbocycles. The molecule has 0 aromatic heterocycles. The quantitative estimate of drug-likeness (QED) is 0.658. The first kappa shape index (κ1) is 14.0. The van der Waals surface area contributed by atoms with E-state index in [4.69, 9.17) is 21.9 Å². The number of benzene rings is 1. The van der Waals surface area contributed by atoms with Crippen LogP contribution in [-0.4, -0.2) is 24.5 Å². The van der Waals surface area contributed by atoms with Crippen LogP contribution in [0.2, 0.25) is 0 Å². The van der Waals surface area contributed by atoms with E-state index in [0.717, 1.165) is 11.1 Å². The van der Waals surface area contributed by atoms with E-state index in [1.807, 2.05) is 0 Å². The molecule has 1 rings (SSSR count). The van der Waals surface area contributed by atoms with Crippen LogP contribution in [-0.2, 0) is 4.79 Å². The van der Waals surface area contributed by atoms with Crippen LogP contribution in [0.3, 0.4) is 0 Å². The van der Waals surface area contributed by atoms with Crippen LogP contribution in [0.4, 0.5) is 0 Å². The fourth-order valence-corrected chi connectivity index (χ4v) is 1.58. The number of hydrogen-bond donors (Lipinski definition) is 3. The van der Waals surface area contributed by atoms with Gasteiger partial charge in [-0.2, -0.15) is 0 Å². The topological polar surface area (TPSA) is 121 Å². The minimum atomic E-state index is -0.861. The summed E-state index contributed by atoms with van der Waals surface area (Å²) in [5, 5.41) is 0. The highest BCUT2D eigenvalue weighted by Gasteiger charge is 2.13. The lowest BCUT2D eigenvalue weighted by Gasteiger charge is -2.15. The molecule has 2 amide bonds. The largest absolute Gasteiger partial charge is 0.491 e. The van der Waals surface area contributed by atoms with Gasteiger partial charge in [0.05, 0.1) is 0 Å². The van der Waals surface area contributed by atoms with Crippen molar-refractivity contribution in [3.8, 4) is 5.75 Å². The van der Waals surface area contributed by atoms with Crippen molar-refractivity contribution in [1.82, 2.24) is 0 Å². The maximum atomic E-state index is 11.1. The van der Waals surface area contributed by atoms with Gasteiger partial charge in [0, 0.05) is 5.56 Å². The Morgan fingerprint density at radius 2 is 1.72 bits per heavy atom. The van der Waals surface area contributed by atoms with Crippen molar-refractivity contribution < 1.29 is 14.3 Å². The first-order valence-corrected chi connectivity index (χ1v) is 5.41. The van der Waals surface area contributed by atoms with Crippen molar-refractivity contribution >= 4 is 11.8 Å². The van der Waals surface area contributed by atoms with E-state index in [1.165, 1.54) is 0 Å². The second-order valence-electron chi connectivity index (χ2n) is 4.12. The summed E-state index contributed by atoms with van der Waals surface area (Å²) >= 11 is 0. The number of primary amides is 2. The molecule has 0 aliphatic rings. The number of hydrogen-bond acceptors (Lipinski definition) is 4. The first-order chi connectivity index (χ1) is 8.32. The summed E-state index contributed by atoms with van der Waals surface area (Å²) < 4.78 is 5.45. The molecule has 18 heavy (non-hydrogen) atoms. The monoisotopic (exact) mass is 251 g/mol. The first-order valence-electron chi connectivity index (χ1n) is 5.41. The molecule has 0 saturated carbocycles. The standard InChI is InChI=1S/C12H17N3O3/c1-6-3-8(11(14)16)4-7(2)10(6)18-5-9(13)12(15)17/h3-4,9H,5,13H2,1-2H3,(H2,14,16)(H2,15,17). The molecule has 0 fully saturated rings. The van der Waals surface area contributed by atoms with Crippen LogP contribution in [0.1, 0.15) is 21.5 Å². The Bertz CT molecular complexity index is 462. The zero-order valence-corrected chi connectivity index (χ0v) is 10.4. The highest BCUT2D eigenvalue weighted by molar-refractivity contribution is 5.93. The second-order valence-corrected chi connectivity index (χ2v) is 4.12. The van der Waals surface area contributed by atoms with Crippen molar-refractivity contribution in [3.63, 3.8) is 0 Å². The number of rotatable bonds is 5. The van der Waals surface area contributed by atoms with Crippen molar-refractivity contribution in [2.45, 2.75) is 19.9 Å². The van der Waals surface area contributed by atoms with Crippen molar-refractivity contribution in [2.75, 3.05) is 6.61 Å². The van der Waals surface area contributed by atoms with Crippen LogP contribution < -0.4 is 21.9 Å². The van der Waals surface area contributed by atoms with E-state index < -0.39 is 17.9 Å². The second kappa shape index (κ2) is 5.50. The zero-order valence-electron chi connectivity index (χ0n) is 10.4. The van der Waals surface area contributed by atoms with Gasteiger partial charge in [0.1, 0.15) is 18.4 Å². The number of ether oxygens (including phenoxy) is 1. The molecule has 0 aliphatic heterocycles. The van der Waals surface area contributed by atoms with Crippen molar-refractivity contribution in [3.05, 3.63) is 28.8 Å². The van der Waals surface area contributed by atoms with Crippen LogP contribution in [0.25, 0.3) is 0 Å². The Morgan fingerprint density at radius 1 is 1.22 bits per heavy atom. The van der Waals surface area contributed by atoms with Gasteiger partial charge in [0.15, 0.2) is 0 Å². The van der Waals surface area contributed by atoms with Gasteiger partial charge in [-0.25, -0.2) is 0 Å². The Hall–Kier alpha value is -2.08. The third-order valence-corrected chi connectivity index (χ3v) is 2.52. The number of amides is 2. The van der Waals surface area contributed by atoms with E-state index in [2.05, 4.69) is 0 Å². The molecule has 1 atom stereocenters. The average molecular weight is 251 g/mol. The summed E-state index contributed by atoms with van der Waals surface area (Å²) in [7, 11) is 0. The predicted molar refractivity (Wildman–Crippen MR) is 67.1 cm³/mol. The summed E-state index contributed by atoms with van der Waals surface area (Å²) in [6.07, 6.45) is 0. The van der Waals surface area contributed by atoms with Crippen LogP contribution in [0.5, 0.6) is 5.75 Å². The number of nitrogens with two attached hydrogens (primary N) is 3. The number of carbonyl (C=O) groups is 2. The van der Waals surface area contributed by atoms with E-state index in [-0.39, 0.29) is 6.61 Å². The lowest BCUT2D eigenvalue weighted by atomic mass is 10.1. The summed E-state index contributed by atoms with van der Waals surface area (Å²) in [5.41, 5.74) is 17.6. The summed E-state index contributed by atoms with van der Waals surface area (Å²) in [4.78, 5) is 21.9. The highest BCUT2D eigenvalue weighted by atomic mass is 16.5. The number of carbonyl (C=O) groups excluding carboxylic acids is 2. The molecular weight excluding hydrogens is 234 g/mol. The zero-order chi connectivity index (χ0) is 13.9. The molecule has 0 bridgehead atoms. The maximum absolute atomic E-state index is 11.1. The van der Waals surface area contributed by atoms with Crippen molar-refractivity contribution in [2.24, 2.45) is 17.2 Å². The molecule has 0 radical (unpaired) electrons. The molecule has 6 heteroatoms. The van der Waals surface area contributed by atoms with Gasteiger partial charge in [0.25, 0.3) is 0 Å².